The summed E-state index contributed by atoms with van der Waals surface area (Å²) < 4.78 is 13.8. The first-order chi connectivity index (χ1) is 17.2. The quantitative estimate of drug-likeness (QED) is 0.183. The Morgan fingerprint density at radius 2 is 0.771 bits per heavy atom. The standard InChI is InChI=1S/C32H38Ge2O/c1-3-5-27-33(28-6-4-2,29-19-11-7-12-20-29)35-34(30-21-13-8-14-22-30,31-23-15-9-16-24-31)32-25-17-10-18-26-32/h7-26H,3-6,27-28H2,1-2H3. The van der Waals surface area contributed by atoms with Gasteiger partial charge in [-0.3, -0.25) is 0 Å². The molecule has 35 heavy (non-hydrogen) atoms. The summed E-state index contributed by atoms with van der Waals surface area (Å²) in [7, 11) is 0. The third kappa shape index (κ3) is 5.85. The second kappa shape index (κ2) is 12.8. The third-order valence-corrected chi connectivity index (χ3v) is 31.1. The zero-order valence-electron chi connectivity index (χ0n) is 21.2. The van der Waals surface area contributed by atoms with Crippen molar-refractivity contribution < 1.29 is 2.79 Å². The van der Waals surface area contributed by atoms with Crippen molar-refractivity contribution in [3.05, 3.63) is 121 Å². The van der Waals surface area contributed by atoms with Gasteiger partial charge >= 0.3 is 219 Å². The summed E-state index contributed by atoms with van der Waals surface area (Å²) in [5.74, 6) is 0. The Labute approximate surface area is 218 Å². The Balaban J connectivity index is 2.02. The summed E-state index contributed by atoms with van der Waals surface area (Å²) in [4.78, 5) is 0. The summed E-state index contributed by atoms with van der Waals surface area (Å²) in [6, 6.07) is 44.9. The van der Waals surface area contributed by atoms with Crippen molar-refractivity contribution in [3.8, 4) is 0 Å². The summed E-state index contributed by atoms with van der Waals surface area (Å²) in [6.07, 6.45) is 4.87. The summed E-state index contributed by atoms with van der Waals surface area (Å²) in [6.45, 7) is 4.64. The van der Waals surface area contributed by atoms with Crippen molar-refractivity contribution in [2.75, 3.05) is 0 Å². The van der Waals surface area contributed by atoms with E-state index in [0.717, 1.165) is 0 Å². The van der Waals surface area contributed by atoms with Gasteiger partial charge in [-0.05, 0) is 0 Å². The molecule has 180 valence electrons. The Kier molecular flexibility index (Phi) is 9.48. The van der Waals surface area contributed by atoms with Crippen LogP contribution in [-0.2, 0) is 2.79 Å². The molecule has 4 aromatic rings. The molecule has 0 unspecified atom stereocenters. The Bertz CT molecular complexity index is 1030. The van der Waals surface area contributed by atoms with Crippen LogP contribution in [0.15, 0.2) is 121 Å². The van der Waals surface area contributed by atoms with Crippen LogP contribution >= 0.6 is 0 Å². The van der Waals surface area contributed by atoms with Gasteiger partial charge in [-0.25, -0.2) is 0 Å². The Hall–Kier alpha value is -2.07. The van der Waals surface area contributed by atoms with Crippen LogP contribution in [0.25, 0.3) is 0 Å². The molecule has 1 nitrogen and oxygen atoms in total. The van der Waals surface area contributed by atoms with Gasteiger partial charge in [0.1, 0.15) is 0 Å². The van der Waals surface area contributed by atoms with E-state index in [4.69, 9.17) is 2.79 Å². The first-order valence-electron chi connectivity index (χ1n) is 13.2. The molecule has 0 heterocycles. The van der Waals surface area contributed by atoms with Gasteiger partial charge in [0.15, 0.2) is 0 Å². The molecule has 4 aromatic carbocycles. The van der Waals surface area contributed by atoms with Gasteiger partial charge < -0.3 is 0 Å². The summed E-state index contributed by atoms with van der Waals surface area (Å²) >= 11 is -6.51. The molecule has 0 aliphatic heterocycles. The van der Waals surface area contributed by atoms with E-state index in [1.165, 1.54) is 53.8 Å². The van der Waals surface area contributed by atoms with Crippen molar-refractivity contribution in [1.82, 2.24) is 0 Å². The number of benzene rings is 4. The molecule has 0 fully saturated rings. The number of unbranched alkanes of at least 4 members (excludes halogenated alkanes) is 2. The predicted octanol–water partition coefficient (Wildman–Crippen LogP) is 6.12. The minimum absolute atomic E-state index is 1.21. The zero-order chi connectivity index (χ0) is 24.4. The molecule has 0 N–H and O–H groups in total. The zero-order valence-corrected chi connectivity index (χ0v) is 25.4. The van der Waals surface area contributed by atoms with Crippen LogP contribution in [0, 0.1) is 0 Å². The summed E-state index contributed by atoms with van der Waals surface area (Å²) in [5.41, 5.74) is 0. The number of hydrogen-bond acceptors (Lipinski definition) is 1. The Morgan fingerprint density at radius 3 is 1.09 bits per heavy atom. The minimum atomic E-state index is -3.50. The van der Waals surface area contributed by atoms with E-state index in [2.05, 4.69) is 135 Å². The van der Waals surface area contributed by atoms with E-state index < -0.39 is 27.2 Å². The van der Waals surface area contributed by atoms with Gasteiger partial charge in [-0.2, -0.15) is 0 Å². The fourth-order valence-electron chi connectivity index (χ4n) is 5.23. The second-order valence-corrected chi connectivity index (χ2v) is 26.1. The fourth-order valence-corrected chi connectivity index (χ4v) is 35.2. The topological polar surface area (TPSA) is 9.23 Å². The second-order valence-electron chi connectivity index (χ2n) is 9.45. The van der Waals surface area contributed by atoms with Crippen molar-refractivity contribution >= 4 is 44.8 Å². The maximum absolute atomic E-state index is 8.15. The van der Waals surface area contributed by atoms with Gasteiger partial charge in [0, 0.05) is 0 Å². The normalized spacial score (nSPS) is 11.9. The molecule has 0 aliphatic carbocycles. The van der Waals surface area contributed by atoms with Crippen molar-refractivity contribution in [1.29, 1.82) is 0 Å². The number of rotatable bonds is 12. The molecule has 0 bridgehead atoms. The van der Waals surface area contributed by atoms with Crippen LogP contribution < -0.4 is 17.6 Å². The fraction of sp³-hybridized carbons (Fsp3) is 0.250. The molecule has 0 radical (unpaired) electrons. The molecular formula is C32H38Ge2O. The van der Waals surface area contributed by atoms with Crippen LogP contribution in [0.5, 0.6) is 0 Å². The molecule has 0 atom stereocenters. The van der Waals surface area contributed by atoms with Gasteiger partial charge in [0.05, 0.1) is 0 Å². The summed E-state index contributed by atoms with van der Waals surface area (Å²) in [5, 5.41) is 2.44. The molecule has 3 heteroatoms. The molecule has 0 saturated carbocycles. The van der Waals surface area contributed by atoms with E-state index in [-0.39, 0.29) is 0 Å². The molecule has 0 saturated heterocycles. The van der Waals surface area contributed by atoms with Gasteiger partial charge in [-0.1, -0.05) is 0 Å². The average Bonchev–Trinajstić information content (AvgIpc) is 2.95. The molecule has 0 aromatic heterocycles. The van der Waals surface area contributed by atoms with Crippen LogP contribution in [0.4, 0.5) is 0 Å². The Morgan fingerprint density at radius 1 is 0.457 bits per heavy atom. The number of hydrogen-bond donors (Lipinski definition) is 0. The van der Waals surface area contributed by atoms with Gasteiger partial charge in [0.2, 0.25) is 0 Å². The monoisotopic (exact) mass is 586 g/mol. The third-order valence-electron chi connectivity index (χ3n) is 7.06. The van der Waals surface area contributed by atoms with Crippen molar-refractivity contribution in [2.24, 2.45) is 0 Å². The molecule has 4 rings (SSSR count). The first-order valence-corrected chi connectivity index (χ1v) is 22.0. The van der Waals surface area contributed by atoms with E-state index in [0.29, 0.717) is 0 Å². The van der Waals surface area contributed by atoms with Crippen molar-refractivity contribution in [2.45, 2.75) is 50.0 Å². The van der Waals surface area contributed by atoms with Crippen LogP contribution in [0.3, 0.4) is 0 Å². The first kappa shape index (κ1) is 26.0. The predicted molar refractivity (Wildman–Crippen MR) is 156 cm³/mol. The molecular weight excluding hydrogens is 546 g/mol. The SMILES string of the molecule is CCC[CH2][Ge]([CH2]CCC)([O][Ge]([c]1ccccc1)([c]1ccccc1)[c]1ccccc1)[c]1ccccc1. The van der Waals surface area contributed by atoms with Crippen LogP contribution in [0.2, 0.25) is 10.5 Å². The van der Waals surface area contributed by atoms with Crippen LogP contribution in [-0.4, -0.2) is 27.2 Å². The van der Waals surface area contributed by atoms with Gasteiger partial charge in [0.25, 0.3) is 0 Å². The van der Waals surface area contributed by atoms with E-state index in [1.54, 1.807) is 0 Å². The van der Waals surface area contributed by atoms with Crippen LogP contribution in [0.1, 0.15) is 39.5 Å². The molecule has 0 spiro atoms. The molecule has 0 aliphatic rings. The van der Waals surface area contributed by atoms with Crippen molar-refractivity contribution in [3.63, 3.8) is 0 Å². The average molecular weight is 584 g/mol. The van der Waals surface area contributed by atoms with E-state index in [9.17, 15) is 0 Å². The van der Waals surface area contributed by atoms with E-state index >= 15 is 0 Å². The maximum atomic E-state index is 8.15. The van der Waals surface area contributed by atoms with Gasteiger partial charge in [-0.15, -0.1) is 0 Å². The molecule has 0 amide bonds. The van der Waals surface area contributed by atoms with E-state index in [1.807, 2.05) is 0 Å².